The van der Waals surface area contributed by atoms with Crippen LogP contribution in [0.2, 0.25) is 5.02 Å². The second-order valence-corrected chi connectivity index (χ2v) is 8.01. The number of nitrogens with one attached hydrogen (secondary N) is 1. The molecule has 1 aromatic carbocycles. The number of hydrogen-bond donors (Lipinski definition) is 1. The first-order valence-corrected chi connectivity index (χ1v) is 10.4. The average Bonchev–Trinajstić information content (AvgIpc) is 3.21. The van der Waals surface area contributed by atoms with E-state index in [-0.39, 0.29) is 10.9 Å². The summed E-state index contributed by atoms with van der Waals surface area (Å²) in [5.41, 5.74) is 0.539. The number of nitrogens with zero attached hydrogens (tertiary/aromatic N) is 3. The van der Waals surface area contributed by atoms with E-state index in [0.717, 1.165) is 45.3 Å². The summed E-state index contributed by atoms with van der Waals surface area (Å²) < 4.78 is 15.2. The average molecular weight is 407 g/mol. The van der Waals surface area contributed by atoms with Gasteiger partial charge in [0, 0.05) is 37.1 Å². The van der Waals surface area contributed by atoms with Crippen LogP contribution in [0.3, 0.4) is 0 Å². The van der Waals surface area contributed by atoms with Crippen LogP contribution in [-0.2, 0) is 11.3 Å². The Bertz CT molecular complexity index is 760. The van der Waals surface area contributed by atoms with E-state index in [2.05, 4.69) is 22.2 Å². The number of piperidine rings is 1. The highest BCUT2D eigenvalue weighted by molar-refractivity contribution is 6.31. The lowest BCUT2D eigenvalue weighted by Gasteiger charge is -2.36. The third-order valence-corrected chi connectivity index (χ3v) is 5.88. The van der Waals surface area contributed by atoms with Crippen molar-refractivity contribution in [3.8, 4) is 0 Å². The van der Waals surface area contributed by atoms with Crippen LogP contribution in [0.25, 0.3) is 0 Å². The van der Waals surface area contributed by atoms with Crippen LogP contribution in [0.15, 0.2) is 36.7 Å². The minimum absolute atomic E-state index is 0.0202. The standard InChI is InChI=1S/C21H28ClFN4O/c1-16(7-14-27-11-2-10-24-27)26-12-8-17(9-13-26)3-6-21(28)25-18-4-5-20(23)19(22)15-18/h2,4-5,10-11,15-17H,3,6-9,12-14H2,1H3,(H,25,28). The monoisotopic (exact) mass is 406 g/mol. The predicted octanol–water partition coefficient (Wildman–Crippen LogP) is 4.59. The van der Waals surface area contributed by atoms with Gasteiger partial charge in [0.1, 0.15) is 5.82 Å². The number of carbonyl (C=O) groups is 1. The summed E-state index contributed by atoms with van der Waals surface area (Å²) in [6, 6.07) is 6.73. The molecule has 152 valence electrons. The Balaban J connectivity index is 1.34. The summed E-state index contributed by atoms with van der Waals surface area (Å²) in [4.78, 5) is 14.7. The molecule has 28 heavy (non-hydrogen) atoms. The van der Waals surface area contributed by atoms with Gasteiger partial charge in [0.15, 0.2) is 0 Å². The quantitative estimate of drug-likeness (QED) is 0.697. The molecule has 2 aromatic rings. The zero-order valence-corrected chi connectivity index (χ0v) is 17.0. The van der Waals surface area contributed by atoms with E-state index in [1.54, 1.807) is 0 Å². The van der Waals surface area contributed by atoms with Crippen molar-refractivity contribution in [2.24, 2.45) is 5.92 Å². The van der Waals surface area contributed by atoms with Gasteiger partial charge in [-0.1, -0.05) is 11.6 Å². The Labute approximate surface area is 170 Å². The van der Waals surface area contributed by atoms with Gasteiger partial charge >= 0.3 is 0 Å². The zero-order chi connectivity index (χ0) is 19.9. The molecule has 1 aliphatic rings. The highest BCUT2D eigenvalue weighted by Crippen LogP contribution is 2.25. The van der Waals surface area contributed by atoms with Gasteiger partial charge < -0.3 is 10.2 Å². The Morgan fingerprint density at radius 1 is 1.39 bits per heavy atom. The molecular weight excluding hydrogens is 379 g/mol. The summed E-state index contributed by atoms with van der Waals surface area (Å²) in [5, 5.41) is 7.08. The Morgan fingerprint density at radius 2 is 2.18 bits per heavy atom. The van der Waals surface area contributed by atoms with Crippen molar-refractivity contribution in [3.05, 3.63) is 47.5 Å². The van der Waals surface area contributed by atoms with E-state index in [9.17, 15) is 9.18 Å². The van der Waals surface area contributed by atoms with Gasteiger partial charge in [-0.15, -0.1) is 0 Å². The highest BCUT2D eigenvalue weighted by Gasteiger charge is 2.23. The molecule has 0 bridgehead atoms. The summed E-state index contributed by atoms with van der Waals surface area (Å²) in [6.45, 7) is 5.40. The predicted molar refractivity (Wildman–Crippen MR) is 110 cm³/mol. The van der Waals surface area contributed by atoms with Gasteiger partial charge in [-0.3, -0.25) is 9.48 Å². The van der Waals surface area contributed by atoms with E-state index >= 15 is 0 Å². The third kappa shape index (κ3) is 6.04. The first kappa shape index (κ1) is 20.8. The SMILES string of the molecule is CC(CCn1cccn1)N1CCC(CCC(=O)Nc2ccc(F)c(Cl)c2)CC1. The topological polar surface area (TPSA) is 50.2 Å². The second kappa shape index (κ2) is 10.0. The van der Waals surface area contributed by atoms with Crippen LogP contribution >= 0.6 is 11.6 Å². The van der Waals surface area contributed by atoms with Crippen LogP contribution in [-0.4, -0.2) is 39.7 Å². The number of benzene rings is 1. The fraction of sp³-hybridized carbons (Fsp3) is 0.524. The molecule has 5 nitrogen and oxygen atoms in total. The maximum absolute atomic E-state index is 13.2. The fourth-order valence-corrected chi connectivity index (χ4v) is 3.93. The molecule has 1 amide bonds. The van der Waals surface area contributed by atoms with Gasteiger partial charge in [0.2, 0.25) is 5.91 Å². The Kier molecular flexibility index (Phi) is 7.45. The van der Waals surface area contributed by atoms with Gasteiger partial charge in [0.05, 0.1) is 5.02 Å². The highest BCUT2D eigenvalue weighted by atomic mass is 35.5. The van der Waals surface area contributed by atoms with E-state index < -0.39 is 5.82 Å². The molecule has 1 unspecified atom stereocenters. The number of carbonyl (C=O) groups excluding carboxylic acids is 1. The molecule has 7 heteroatoms. The third-order valence-electron chi connectivity index (χ3n) is 5.59. The number of aromatic nitrogens is 2. The van der Waals surface area contributed by atoms with Gasteiger partial charge in [-0.2, -0.15) is 5.10 Å². The maximum atomic E-state index is 13.2. The molecule has 1 N–H and O–H groups in total. The molecule has 1 atom stereocenters. The number of likely N-dealkylation sites (tertiary alicyclic amines) is 1. The van der Waals surface area contributed by atoms with Crippen molar-refractivity contribution < 1.29 is 9.18 Å². The summed E-state index contributed by atoms with van der Waals surface area (Å²) in [5.74, 6) is 0.0556. The molecule has 0 spiro atoms. The first-order valence-electron chi connectivity index (χ1n) is 9.97. The molecule has 0 aliphatic carbocycles. The minimum atomic E-state index is -0.481. The minimum Gasteiger partial charge on any atom is -0.326 e. The molecule has 2 heterocycles. The second-order valence-electron chi connectivity index (χ2n) is 7.60. The molecule has 1 saturated heterocycles. The van der Waals surface area contributed by atoms with Gasteiger partial charge in [0.25, 0.3) is 0 Å². The van der Waals surface area contributed by atoms with E-state index in [4.69, 9.17) is 11.6 Å². The first-order chi connectivity index (χ1) is 13.5. The van der Waals surface area contributed by atoms with E-state index in [1.807, 2.05) is 23.1 Å². The van der Waals surface area contributed by atoms with E-state index in [0.29, 0.717) is 24.1 Å². The maximum Gasteiger partial charge on any atom is 0.224 e. The summed E-state index contributed by atoms with van der Waals surface area (Å²) in [6.07, 6.45) is 8.53. The molecule has 1 aromatic heterocycles. The fourth-order valence-electron chi connectivity index (χ4n) is 3.75. The lowest BCUT2D eigenvalue weighted by atomic mass is 9.91. The van der Waals surface area contributed by atoms with Gasteiger partial charge in [-0.25, -0.2) is 4.39 Å². The molecular formula is C21H28ClFN4O. The number of rotatable bonds is 8. The zero-order valence-electron chi connectivity index (χ0n) is 16.3. The van der Waals surface area contributed by atoms with Gasteiger partial charge in [-0.05, 0) is 75.9 Å². The van der Waals surface area contributed by atoms with Crippen molar-refractivity contribution in [1.82, 2.24) is 14.7 Å². The van der Waals surface area contributed by atoms with Crippen LogP contribution in [0.1, 0.15) is 39.0 Å². The normalized spacial score (nSPS) is 16.8. The molecule has 0 radical (unpaired) electrons. The summed E-state index contributed by atoms with van der Waals surface area (Å²) >= 11 is 5.75. The van der Waals surface area contributed by atoms with Crippen molar-refractivity contribution in [3.63, 3.8) is 0 Å². The van der Waals surface area contributed by atoms with Crippen LogP contribution < -0.4 is 5.32 Å². The van der Waals surface area contributed by atoms with Crippen molar-refractivity contribution in [1.29, 1.82) is 0 Å². The van der Waals surface area contributed by atoms with Crippen molar-refractivity contribution >= 4 is 23.2 Å². The Morgan fingerprint density at radius 3 is 2.86 bits per heavy atom. The number of amides is 1. The van der Waals surface area contributed by atoms with E-state index in [1.165, 1.54) is 18.2 Å². The molecule has 1 aliphatic heterocycles. The van der Waals surface area contributed by atoms with Crippen molar-refractivity contribution in [2.75, 3.05) is 18.4 Å². The number of hydrogen-bond acceptors (Lipinski definition) is 3. The van der Waals surface area contributed by atoms with Crippen LogP contribution in [0, 0.1) is 11.7 Å². The lowest BCUT2D eigenvalue weighted by molar-refractivity contribution is -0.116. The van der Waals surface area contributed by atoms with Crippen LogP contribution in [0.4, 0.5) is 10.1 Å². The largest absolute Gasteiger partial charge is 0.326 e. The molecule has 3 rings (SSSR count). The van der Waals surface area contributed by atoms with Crippen molar-refractivity contribution in [2.45, 2.75) is 51.6 Å². The van der Waals surface area contributed by atoms with Crippen LogP contribution in [0.5, 0.6) is 0 Å². The number of aryl methyl sites for hydroxylation is 1. The molecule has 1 fully saturated rings. The number of anilines is 1. The smallest absolute Gasteiger partial charge is 0.224 e. The number of halogens is 2. The molecule has 0 saturated carbocycles. The Hall–Kier alpha value is -1.92. The summed E-state index contributed by atoms with van der Waals surface area (Å²) in [7, 11) is 0. The lowest BCUT2D eigenvalue weighted by Crippen LogP contribution is -2.40.